The fourth-order valence-corrected chi connectivity index (χ4v) is 1.82. The Morgan fingerprint density at radius 1 is 0.913 bits per heavy atom. The molecule has 0 spiro atoms. The van der Waals surface area contributed by atoms with Crippen LogP contribution < -0.4 is 9.41 Å². The van der Waals surface area contributed by atoms with E-state index in [1.165, 1.54) is 0 Å². The minimum Gasteiger partial charge on any atom is -0.497 e. The number of pyridine rings is 1. The third-order valence-electron chi connectivity index (χ3n) is 2.98. The molecule has 0 N–H and O–H groups in total. The average Bonchev–Trinajstić information content (AvgIpc) is 2.62. The summed E-state index contributed by atoms with van der Waals surface area (Å²) in [7, 11) is 1.64. The number of methoxy groups -OCH3 is 1. The molecule has 23 heavy (non-hydrogen) atoms. The van der Waals surface area contributed by atoms with Gasteiger partial charge in [-0.2, -0.15) is 0 Å². The first-order valence-electron chi connectivity index (χ1n) is 7.00. The maximum atomic E-state index is 5.11. The molecule has 0 aliphatic rings. The van der Waals surface area contributed by atoms with E-state index in [1.54, 1.807) is 24.2 Å². The van der Waals surface area contributed by atoms with Crippen molar-refractivity contribution in [2.45, 2.75) is 0 Å². The first-order valence-corrected chi connectivity index (χ1v) is 7.00. The lowest BCUT2D eigenvalue weighted by Crippen LogP contribution is -2.26. The zero-order chi connectivity index (χ0) is 15.9. The molecule has 2 heterocycles. The van der Waals surface area contributed by atoms with Gasteiger partial charge in [0.05, 0.1) is 13.1 Å². The highest BCUT2D eigenvalue weighted by atomic mass is 16.5. The van der Waals surface area contributed by atoms with Crippen LogP contribution in [0.3, 0.4) is 0 Å². The molecule has 0 radical (unpaired) electrons. The van der Waals surface area contributed by atoms with Gasteiger partial charge in [-0.05, 0) is 36.7 Å². The molecule has 0 fully saturated rings. The molecular formula is C18H14N4O. The van der Waals surface area contributed by atoms with Crippen LogP contribution in [0.5, 0.6) is 5.75 Å². The Morgan fingerprint density at radius 3 is 2.22 bits per heavy atom. The number of rotatable bonds is 3. The highest BCUT2D eigenvalue weighted by Gasteiger charge is 1.95. The number of nitrogens with zero attached hydrogens (tertiary/aromatic N) is 4. The Balaban J connectivity index is 1.69. The zero-order valence-corrected chi connectivity index (χ0v) is 12.5. The van der Waals surface area contributed by atoms with Gasteiger partial charge in [-0.1, -0.05) is 17.9 Å². The van der Waals surface area contributed by atoms with E-state index in [9.17, 15) is 0 Å². The third-order valence-corrected chi connectivity index (χ3v) is 2.98. The van der Waals surface area contributed by atoms with Crippen molar-refractivity contribution >= 4 is 5.95 Å². The fourth-order valence-electron chi connectivity index (χ4n) is 1.82. The second kappa shape index (κ2) is 7.05. The highest BCUT2D eigenvalue weighted by Crippen LogP contribution is 2.11. The lowest BCUT2D eigenvalue weighted by molar-refractivity contribution is -0.619. The van der Waals surface area contributed by atoms with Gasteiger partial charge in [0, 0.05) is 23.3 Å². The summed E-state index contributed by atoms with van der Waals surface area (Å²) in [6.07, 6.45) is 6.96. The minimum absolute atomic E-state index is 0.385. The summed E-state index contributed by atoms with van der Waals surface area (Å²) >= 11 is 0. The zero-order valence-electron chi connectivity index (χ0n) is 12.5. The lowest BCUT2D eigenvalue weighted by atomic mass is 10.2. The SMILES string of the molecule is COc1ccc(C#Cc2cnc([N-][n+]3ccccc3)nc2)cc1. The van der Waals surface area contributed by atoms with Gasteiger partial charge in [-0.3, -0.25) is 0 Å². The van der Waals surface area contributed by atoms with E-state index in [0.29, 0.717) is 5.95 Å². The van der Waals surface area contributed by atoms with Gasteiger partial charge >= 0.3 is 0 Å². The summed E-state index contributed by atoms with van der Waals surface area (Å²) in [4.78, 5) is 8.39. The molecule has 0 unspecified atom stereocenters. The quantitative estimate of drug-likeness (QED) is 0.552. The molecule has 2 aromatic heterocycles. The van der Waals surface area contributed by atoms with Crippen LogP contribution >= 0.6 is 0 Å². The van der Waals surface area contributed by atoms with Gasteiger partial charge in [0.15, 0.2) is 12.4 Å². The van der Waals surface area contributed by atoms with E-state index in [2.05, 4.69) is 27.2 Å². The summed E-state index contributed by atoms with van der Waals surface area (Å²) in [6.45, 7) is 0. The fraction of sp³-hybridized carbons (Fsp3) is 0.0556. The molecule has 0 aliphatic carbocycles. The average molecular weight is 302 g/mol. The summed E-state index contributed by atoms with van der Waals surface area (Å²) in [5.41, 5.74) is 5.89. The van der Waals surface area contributed by atoms with Crippen molar-refractivity contribution in [2.24, 2.45) is 0 Å². The number of benzene rings is 1. The molecule has 0 atom stereocenters. The van der Waals surface area contributed by atoms with Gasteiger partial charge in [-0.15, -0.1) is 10.1 Å². The van der Waals surface area contributed by atoms with E-state index < -0.39 is 0 Å². The number of ether oxygens (including phenoxy) is 1. The first kappa shape index (κ1) is 14.5. The number of aromatic nitrogens is 3. The van der Waals surface area contributed by atoms with Gasteiger partial charge in [0.25, 0.3) is 0 Å². The maximum absolute atomic E-state index is 5.11. The van der Waals surface area contributed by atoms with Gasteiger partial charge in [0.2, 0.25) is 0 Å². The Bertz CT molecular complexity index is 819. The van der Waals surface area contributed by atoms with Crippen LogP contribution in [0, 0.1) is 11.8 Å². The van der Waals surface area contributed by atoms with Gasteiger partial charge in [0.1, 0.15) is 5.75 Å². The van der Waals surface area contributed by atoms with Crippen LogP contribution in [0.4, 0.5) is 5.95 Å². The lowest BCUT2D eigenvalue weighted by Gasteiger charge is -2.05. The second-order valence-electron chi connectivity index (χ2n) is 4.61. The molecule has 0 amide bonds. The first-order chi connectivity index (χ1) is 11.3. The minimum atomic E-state index is 0.385. The molecule has 0 bridgehead atoms. The summed E-state index contributed by atoms with van der Waals surface area (Å²) in [5, 5.41) is 0. The molecule has 1 aromatic carbocycles. The van der Waals surface area contributed by atoms with E-state index in [4.69, 9.17) is 4.74 Å². The Morgan fingerprint density at radius 2 is 1.57 bits per heavy atom. The van der Waals surface area contributed by atoms with Crippen LogP contribution in [0.2, 0.25) is 0 Å². The van der Waals surface area contributed by atoms with Crippen LogP contribution in [-0.4, -0.2) is 17.1 Å². The predicted molar refractivity (Wildman–Crippen MR) is 86.1 cm³/mol. The molecule has 3 aromatic rings. The van der Waals surface area contributed by atoms with Crippen molar-refractivity contribution in [3.63, 3.8) is 0 Å². The molecule has 0 saturated carbocycles. The molecule has 0 aliphatic heterocycles. The van der Waals surface area contributed by atoms with E-state index in [-0.39, 0.29) is 0 Å². The Hall–Kier alpha value is -3.39. The van der Waals surface area contributed by atoms with Crippen molar-refractivity contribution in [3.05, 3.63) is 83.8 Å². The van der Waals surface area contributed by atoms with Crippen LogP contribution in [0.25, 0.3) is 5.43 Å². The van der Waals surface area contributed by atoms with Crippen molar-refractivity contribution in [1.82, 2.24) is 9.97 Å². The van der Waals surface area contributed by atoms with Gasteiger partial charge < -0.3 is 14.7 Å². The molecule has 0 saturated heterocycles. The smallest absolute Gasteiger partial charge is 0.188 e. The van der Waals surface area contributed by atoms with Crippen molar-refractivity contribution in [2.75, 3.05) is 7.11 Å². The second-order valence-corrected chi connectivity index (χ2v) is 4.61. The molecule has 5 nitrogen and oxygen atoms in total. The maximum Gasteiger partial charge on any atom is 0.188 e. The van der Waals surface area contributed by atoms with Crippen LogP contribution in [-0.2, 0) is 0 Å². The standard InChI is InChI=1S/C18H14N4O/c1-23-17-9-7-15(8-10-17)5-6-16-13-19-18(20-14-16)21-22-11-3-2-4-12-22/h2-4,7-14H,1H3. The number of hydrogen-bond donors (Lipinski definition) is 0. The Labute approximate surface area is 134 Å². The third kappa shape index (κ3) is 4.05. The predicted octanol–water partition coefficient (Wildman–Crippen LogP) is 2.64. The monoisotopic (exact) mass is 302 g/mol. The largest absolute Gasteiger partial charge is 0.497 e. The van der Waals surface area contributed by atoms with Crippen LogP contribution in [0.15, 0.2) is 67.3 Å². The molecule has 3 rings (SSSR count). The summed E-state index contributed by atoms with van der Waals surface area (Å²) < 4.78 is 6.76. The summed E-state index contributed by atoms with van der Waals surface area (Å²) in [6, 6.07) is 13.3. The van der Waals surface area contributed by atoms with Crippen molar-refractivity contribution < 1.29 is 9.41 Å². The molecule has 5 heteroatoms. The van der Waals surface area contributed by atoms with Crippen molar-refractivity contribution in [1.29, 1.82) is 0 Å². The van der Waals surface area contributed by atoms with Crippen molar-refractivity contribution in [3.8, 4) is 17.6 Å². The van der Waals surface area contributed by atoms with E-state index in [1.807, 2.05) is 54.9 Å². The Kier molecular flexibility index (Phi) is 4.46. The van der Waals surface area contributed by atoms with Crippen LogP contribution in [0.1, 0.15) is 11.1 Å². The van der Waals surface area contributed by atoms with E-state index >= 15 is 0 Å². The molecule has 112 valence electrons. The number of hydrogen-bond acceptors (Lipinski definition) is 3. The van der Waals surface area contributed by atoms with E-state index in [0.717, 1.165) is 16.9 Å². The normalized spacial score (nSPS) is 9.61. The summed E-state index contributed by atoms with van der Waals surface area (Å²) in [5.74, 6) is 7.28. The highest BCUT2D eigenvalue weighted by molar-refractivity contribution is 5.43. The van der Waals surface area contributed by atoms with Gasteiger partial charge in [-0.25, -0.2) is 0 Å². The topological polar surface area (TPSA) is 53.0 Å². The molecular weight excluding hydrogens is 288 g/mol.